The normalized spacial score (nSPS) is 22.6. The van der Waals surface area contributed by atoms with Crippen LogP contribution in [0.25, 0.3) is 0 Å². The molecule has 2 unspecified atom stereocenters. The highest BCUT2D eigenvalue weighted by atomic mass is 16.5. The summed E-state index contributed by atoms with van der Waals surface area (Å²) >= 11 is 0. The van der Waals surface area contributed by atoms with E-state index in [1.807, 2.05) is 17.0 Å². The van der Waals surface area contributed by atoms with Gasteiger partial charge in [-0.15, -0.1) is 0 Å². The summed E-state index contributed by atoms with van der Waals surface area (Å²) in [5.74, 6) is -0.373. The second-order valence-corrected chi connectivity index (χ2v) is 4.26. The van der Waals surface area contributed by atoms with Crippen LogP contribution >= 0.6 is 0 Å². The van der Waals surface area contributed by atoms with Gasteiger partial charge in [0.15, 0.2) is 0 Å². The van der Waals surface area contributed by atoms with Crippen molar-refractivity contribution in [3.05, 3.63) is 30.1 Å². The number of carbonyl (C=O) groups is 1. The van der Waals surface area contributed by atoms with Crippen LogP contribution in [0.4, 0.5) is 0 Å². The molecule has 2 atom stereocenters. The third kappa shape index (κ3) is 2.66. The monoisotopic (exact) mass is 250 g/mol. The van der Waals surface area contributed by atoms with Gasteiger partial charge in [-0.1, -0.05) is 0 Å². The summed E-state index contributed by atoms with van der Waals surface area (Å²) in [6.45, 7) is 1.99. The first-order valence-electron chi connectivity index (χ1n) is 5.97. The maximum Gasteiger partial charge on any atom is 0.237 e. The summed E-state index contributed by atoms with van der Waals surface area (Å²) in [6, 6.07) is 3.37. The van der Waals surface area contributed by atoms with Crippen molar-refractivity contribution in [2.45, 2.75) is 12.1 Å². The van der Waals surface area contributed by atoms with E-state index in [2.05, 4.69) is 4.98 Å². The minimum absolute atomic E-state index is 0.0330. The molecule has 18 heavy (non-hydrogen) atoms. The van der Waals surface area contributed by atoms with E-state index in [1.54, 1.807) is 12.4 Å². The van der Waals surface area contributed by atoms with Crippen molar-refractivity contribution >= 4 is 5.91 Å². The predicted octanol–water partition coefficient (Wildman–Crippen LogP) is -0.732. The third-order valence-corrected chi connectivity index (χ3v) is 3.21. The summed E-state index contributed by atoms with van der Waals surface area (Å²) in [5.41, 5.74) is 12.3. The standard InChI is InChI=1S/C12H18N4O2/c13-7-10(9-1-3-15-4-2-9)16-5-6-18-8-11(16)12(14)17/h1-4,10-11H,5-8,13H2,(H2,14,17). The fourth-order valence-electron chi connectivity index (χ4n) is 2.28. The Morgan fingerprint density at radius 2 is 2.28 bits per heavy atom. The Morgan fingerprint density at radius 3 is 2.89 bits per heavy atom. The van der Waals surface area contributed by atoms with Crippen LogP contribution in [0.3, 0.4) is 0 Å². The number of ether oxygens (including phenoxy) is 1. The summed E-state index contributed by atoms with van der Waals surface area (Å²) < 4.78 is 5.31. The molecule has 4 N–H and O–H groups in total. The molecule has 1 fully saturated rings. The van der Waals surface area contributed by atoms with E-state index in [1.165, 1.54) is 0 Å². The lowest BCUT2D eigenvalue weighted by molar-refractivity contribution is -0.131. The van der Waals surface area contributed by atoms with Crippen molar-refractivity contribution in [2.24, 2.45) is 11.5 Å². The molecule has 2 heterocycles. The van der Waals surface area contributed by atoms with Gasteiger partial charge in [0.05, 0.1) is 13.2 Å². The Bertz CT molecular complexity index is 398. The SMILES string of the molecule is NCC(c1ccncc1)N1CCOCC1C(N)=O. The summed E-state index contributed by atoms with van der Waals surface area (Å²) in [6.07, 6.45) is 3.44. The smallest absolute Gasteiger partial charge is 0.237 e. The molecular formula is C12H18N4O2. The Kier molecular flexibility index (Phi) is 4.24. The number of pyridine rings is 1. The molecule has 0 saturated carbocycles. The lowest BCUT2D eigenvalue weighted by atomic mass is 10.0. The quantitative estimate of drug-likeness (QED) is 0.734. The van der Waals surface area contributed by atoms with Crippen molar-refractivity contribution in [1.82, 2.24) is 9.88 Å². The fraction of sp³-hybridized carbons (Fsp3) is 0.500. The van der Waals surface area contributed by atoms with E-state index in [9.17, 15) is 4.79 Å². The van der Waals surface area contributed by atoms with Gasteiger partial charge in [-0.25, -0.2) is 0 Å². The molecule has 6 nitrogen and oxygen atoms in total. The Balaban J connectivity index is 2.22. The number of morpholine rings is 1. The van der Waals surface area contributed by atoms with Crippen LogP contribution in [0.1, 0.15) is 11.6 Å². The molecule has 1 aliphatic heterocycles. The highest BCUT2D eigenvalue weighted by molar-refractivity contribution is 5.80. The number of nitrogens with two attached hydrogens (primary N) is 2. The number of amides is 1. The zero-order valence-electron chi connectivity index (χ0n) is 10.2. The molecule has 1 saturated heterocycles. The van der Waals surface area contributed by atoms with Gasteiger partial charge in [-0.3, -0.25) is 14.7 Å². The van der Waals surface area contributed by atoms with Crippen LogP contribution in [0.15, 0.2) is 24.5 Å². The van der Waals surface area contributed by atoms with E-state index in [4.69, 9.17) is 16.2 Å². The second-order valence-electron chi connectivity index (χ2n) is 4.26. The zero-order valence-corrected chi connectivity index (χ0v) is 10.2. The fourth-order valence-corrected chi connectivity index (χ4v) is 2.28. The predicted molar refractivity (Wildman–Crippen MR) is 66.5 cm³/mol. The third-order valence-electron chi connectivity index (χ3n) is 3.21. The first-order valence-corrected chi connectivity index (χ1v) is 5.97. The number of carbonyl (C=O) groups excluding carboxylic acids is 1. The van der Waals surface area contributed by atoms with Gasteiger partial charge in [0.2, 0.25) is 5.91 Å². The van der Waals surface area contributed by atoms with E-state index in [-0.39, 0.29) is 11.9 Å². The Labute approximate surface area is 106 Å². The largest absolute Gasteiger partial charge is 0.378 e. The van der Waals surface area contributed by atoms with Crippen LogP contribution < -0.4 is 11.5 Å². The topological polar surface area (TPSA) is 94.5 Å². The number of aromatic nitrogens is 1. The molecular weight excluding hydrogens is 232 g/mol. The average molecular weight is 250 g/mol. The van der Waals surface area contributed by atoms with Gasteiger partial charge >= 0.3 is 0 Å². The van der Waals surface area contributed by atoms with E-state index in [0.717, 1.165) is 5.56 Å². The van der Waals surface area contributed by atoms with Gasteiger partial charge in [-0.05, 0) is 17.7 Å². The van der Waals surface area contributed by atoms with Gasteiger partial charge < -0.3 is 16.2 Å². The van der Waals surface area contributed by atoms with Gasteiger partial charge in [-0.2, -0.15) is 0 Å². The molecule has 98 valence electrons. The van der Waals surface area contributed by atoms with Crippen molar-refractivity contribution in [2.75, 3.05) is 26.3 Å². The molecule has 0 bridgehead atoms. The Morgan fingerprint density at radius 1 is 1.56 bits per heavy atom. The van der Waals surface area contributed by atoms with E-state index in [0.29, 0.717) is 26.3 Å². The average Bonchev–Trinajstić information content (AvgIpc) is 2.41. The zero-order chi connectivity index (χ0) is 13.0. The van der Waals surface area contributed by atoms with Gasteiger partial charge in [0, 0.05) is 31.5 Å². The maximum absolute atomic E-state index is 11.5. The molecule has 1 aliphatic rings. The minimum atomic E-state index is -0.416. The van der Waals surface area contributed by atoms with E-state index >= 15 is 0 Å². The number of primary amides is 1. The molecule has 6 heteroatoms. The lowest BCUT2D eigenvalue weighted by Crippen LogP contribution is -2.54. The van der Waals surface area contributed by atoms with E-state index < -0.39 is 6.04 Å². The van der Waals surface area contributed by atoms with Crippen LogP contribution in [0.2, 0.25) is 0 Å². The second kappa shape index (κ2) is 5.90. The maximum atomic E-state index is 11.5. The molecule has 2 rings (SSSR count). The summed E-state index contributed by atoms with van der Waals surface area (Å²) in [5, 5.41) is 0. The molecule has 1 amide bonds. The van der Waals surface area contributed by atoms with Crippen molar-refractivity contribution < 1.29 is 9.53 Å². The minimum Gasteiger partial charge on any atom is -0.378 e. The van der Waals surface area contributed by atoms with Crippen LogP contribution in [0.5, 0.6) is 0 Å². The number of hydrogen-bond donors (Lipinski definition) is 2. The van der Waals surface area contributed by atoms with Gasteiger partial charge in [0.1, 0.15) is 6.04 Å². The van der Waals surface area contributed by atoms with Crippen LogP contribution in [-0.4, -0.2) is 48.1 Å². The number of hydrogen-bond acceptors (Lipinski definition) is 5. The highest BCUT2D eigenvalue weighted by Gasteiger charge is 2.33. The first kappa shape index (κ1) is 12.9. The lowest BCUT2D eigenvalue weighted by Gasteiger charge is -2.39. The van der Waals surface area contributed by atoms with Crippen molar-refractivity contribution in [3.63, 3.8) is 0 Å². The number of rotatable bonds is 4. The van der Waals surface area contributed by atoms with Crippen LogP contribution in [0, 0.1) is 0 Å². The number of nitrogens with zero attached hydrogens (tertiary/aromatic N) is 2. The first-order chi connectivity index (χ1) is 8.74. The molecule has 0 spiro atoms. The molecule has 1 aromatic rings. The molecule has 0 radical (unpaired) electrons. The molecule has 0 aromatic carbocycles. The Hall–Kier alpha value is -1.50. The van der Waals surface area contributed by atoms with Gasteiger partial charge in [0.25, 0.3) is 0 Å². The summed E-state index contributed by atoms with van der Waals surface area (Å²) in [4.78, 5) is 17.5. The summed E-state index contributed by atoms with van der Waals surface area (Å²) in [7, 11) is 0. The van der Waals surface area contributed by atoms with Crippen molar-refractivity contribution in [3.8, 4) is 0 Å². The molecule has 0 aliphatic carbocycles. The highest BCUT2D eigenvalue weighted by Crippen LogP contribution is 2.23. The van der Waals surface area contributed by atoms with Crippen molar-refractivity contribution in [1.29, 1.82) is 0 Å². The molecule has 1 aromatic heterocycles. The van der Waals surface area contributed by atoms with Crippen LogP contribution in [-0.2, 0) is 9.53 Å².